The van der Waals surface area contributed by atoms with Gasteiger partial charge in [-0.25, -0.2) is 9.55 Å². The number of hydrogen-bond acceptors (Lipinski definition) is 6. The van der Waals surface area contributed by atoms with Crippen molar-refractivity contribution in [3.63, 3.8) is 0 Å². The molecule has 8 nitrogen and oxygen atoms in total. The van der Waals surface area contributed by atoms with Crippen molar-refractivity contribution < 1.29 is 0 Å². The molecule has 1 atom stereocenters. The van der Waals surface area contributed by atoms with Gasteiger partial charge in [0.15, 0.2) is 10.1 Å². The Labute approximate surface area is 186 Å². The second kappa shape index (κ2) is 9.96. The molecule has 0 aliphatic heterocycles. The van der Waals surface area contributed by atoms with Crippen LogP contribution in [0.5, 0.6) is 0 Å². The van der Waals surface area contributed by atoms with Gasteiger partial charge < -0.3 is 14.6 Å². The molecule has 0 radical (unpaired) electrons. The van der Waals surface area contributed by atoms with Crippen LogP contribution < -0.4 is 4.90 Å². The molecule has 0 saturated heterocycles. The molecule has 3 aromatic rings. The molecule has 1 aromatic carbocycles. The summed E-state index contributed by atoms with van der Waals surface area (Å²) in [7, 11) is 0. The number of hydrogen-bond donors (Lipinski definition) is 0. The molecule has 1 unspecified atom stereocenters. The Morgan fingerprint density at radius 3 is 2.35 bits per heavy atom. The summed E-state index contributed by atoms with van der Waals surface area (Å²) in [6.45, 7) is 24.7. The normalized spacial score (nSPS) is 11.9. The molecule has 0 saturated carbocycles. The minimum atomic E-state index is -0.0256. The third kappa shape index (κ3) is 4.47. The Morgan fingerprint density at radius 1 is 1.06 bits per heavy atom. The van der Waals surface area contributed by atoms with E-state index in [-0.39, 0.29) is 23.6 Å². The maximum atomic E-state index is 7.48. The lowest BCUT2D eigenvalue weighted by Gasteiger charge is -2.16. The van der Waals surface area contributed by atoms with Crippen molar-refractivity contribution in [1.29, 1.82) is 0 Å². The molecule has 0 bridgehead atoms. The van der Waals surface area contributed by atoms with Crippen molar-refractivity contribution in [2.75, 3.05) is 18.0 Å². The Bertz CT molecular complexity index is 1140. The summed E-state index contributed by atoms with van der Waals surface area (Å²) >= 11 is 1.47. The predicted octanol–water partition coefficient (Wildman–Crippen LogP) is 7.34. The predicted molar refractivity (Wildman–Crippen MR) is 125 cm³/mol. The second-order valence-corrected chi connectivity index (χ2v) is 7.75. The highest BCUT2D eigenvalue weighted by Gasteiger charge is 2.26. The average Bonchev–Trinajstić information content (AvgIpc) is 3.39. The first-order valence-electron chi connectivity index (χ1n) is 10.2. The third-order valence-corrected chi connectivity index (χ3v) is 6.00. The van der Waals surface area contributed by atoms with Crippen LogP contribution in [0.15, 0.2) is 40.6 Å². The topological polar surface area (TPSA) is 67.4 Å². The Hall–Kier alpha value is -3.56. The fourth-order valence-corrected chi connectivity index (χ4v) is 4.15. The largest absolute Gasteiger partial charge is 0.417 e. The molecule has 31 heavy (non-hydrogen) atoms. The first kappa shape index (κ1) is 22.1. The lowest BCUT2D eigenvalue weighted by atomic mass is 10.2. The van der Waals surface area contributed by atoms with E-state index >= 15 is 0 Å². The van der Waals surface area contributed by atoms with Crippen molar-refractivity contribution in [3.8, 4) is 11.3 Å². The van der Waals surface area contributed by atoms with E-state index in [0.717, 1.165) is 35.9 Å². The van der Waals surface area contributed by atoms with E-state index in [0.29, 0.717) is 5.00 Å². The molecule has 0 fully saturated rings. The maximum absolute atomic E-state index is 7.48. The second-order valence-electron chi connectivity index (χ2n) is 6.80. The Morgan fingerprint density at radius 2 is 1.77 bits per heavy atom. The summed E-state index contributed by atoms with van der Waals surface area (Å²) in [6.07, 6.45) is 0.779. The van der Waals surface area contributed by atoms with Gasteiger partial charge >= 0.3 is 5.95 Å². The zero-order valence-corrected chi connectivity index (χ0v) is 18.9. The molecule has 0 spiro atoms. The van der Waals surface area contributed by atoms with Gasteiger partial charge in [-0.3, -0.25) is 0 Å². The number of nitrogens with zero attached hydrogens (tertiary/aromatic N) is 8. The zero-order valence-electron chi connectivity index (χ0n) is 18.1. The fraction of sp³-hybridized carbons (Fsp3) is 0.364. The summed E-state index contributed by atoms with van der Waals surface area (Å²) in [6, 6.07) is 9.85. The molecule has 0 amide bonds. The number of aromatic nitrogens is 3. The van der Waals surface area contributed by atoms with E-state index in [1.54, 1.807) is 4.57 Å². The minimum Gasteiger partial charge on any atom is -0.373 e. The molecule has 2 aromatic heterocycles. The van der Waals surface area contributed by atoms with E-state index in [1.807, 2.05) is 44.2 Å². The van der Waals surface area contributed by atoms with Gasteiger partial charge in [0.2, 0.25) is 0 Å². The van der Waals surface area contributed by atoms with E-state index in [9.17, 15) is 0 Å². The van der Waals surface area contributed by atoms with Crippen LogP contribution in [0, 0.1) is 13.1 Å². The van der Waals surface area contributed by atoms with Crippen LogP contribution in [0.4, 0.5) is 27.7 Å². The van der Waals surface area contributed by atoms with E-state index in [2.05, 4.69) is 43.6 Å². The molecular formula is C22H24N8S. The molecule has 0 aliphatic carbocycles. The van der Waals surface area contributed by atoms with Gasteiger partial charge in [-0.2, -0.15) is 0 Å². The quantitative estimate of drug-likeness (QED) is 0.276. The molecule has 0 N–H and O–H groups in total. The van der Waals surface area contributed by atoms with Crippen LogP contribution in [0.1, 0.15) is 40.2 Å². The number of thiazole rings is 1. The monoisotopic (exact) mass is 432 g/mol. The highest BCUT2D eigenvalue weighted by Crippen LogP contribution is 2.42. The molecular weight excluding hydrogens is 408 g/mol. The number of imidazole rings is 1. The van der Waals surface area contributed by atoms with Crippen LogP contribution >= 0.6 is 11.3 Å². The van der Waals surface area contributed by atoms with Crippen molar-refractivity contribution in [3.05, 3.63) is 53.2 Å². The lowest BCUT2D eigenvalue weighted by molar-refractivity contribution is 0.540. The van der Waals surface area contributed by atoms with Crippen molar-refractivity contribution >= 4 is 39.1 Å². The maximum Gasteiger partial charge on any atom is 0.417 e. The number of rotatable bonds is 8. The molecule has 158 valence electrons. The van der Waals surface area contributed by atoms with Crippen LogP contribution in [0.2, 0.25) is 0 Å². The fourth-order valence-electron chi connectivity index (χ4n) is 3.11. The number of anilines is 1. The van der Waals surface area contributed by atoms with Gasteiger partial charge in [0.1, 0.15) is 5.69 Å². The lowest BCUT2D eigenvalue weighted by Crippen LogP contribution is -2.21. The van der Waals surface area contributed by atoms with Crippen LogP contribution in [-0.2, 0) is 0 Å². The molecule has 0 aliphatic rings. The number of azo groups is 1. The Kier molecular flexibility index (Phi) is 7.11. The summed E-state index contributed by atoms with van der Waals surface area (Å²) in [5, 5.41) is 10.4. The van der Waals surface area contributed by atoms with Crippen LogP contribution in [-0.4, -0.2) is 27.6 Å². The average molecular weight is 433 g/mol. The van der Waals surface area contributed by atoms with E-state index in [1.165, 1.54) is 11.3 Å². The molecule has 3 rings (SSSR count). The smallest absolute Gasteiger partial charge is 0.373 e. The first-order chi connectivity index (χ1) is 15.1. The summed E-state index contributed by atoms with van der Waals surface area (Å²) in [5.41, 5.74) is 1.72. The first-order valence-corrected chi connectivity index (χ1v) is 11.0. The third-order valence-electron chi connectivity index (χ3n) is 5.00. The SMILES string of the molecule is [C-]#[N+]c1nc(/N=N/c2sc(N(CC)CC)nc2-c2ccccc2)n(C(C)CC)c1[N+]#[C-]. The van der Waals surface area contributed by atoms with Gasteiger partial charge in [-0.1, -0.05) is 71.8 Å². The summed E-state index contributed by atoms with van der Waals surface area (Å²) in [5.74, 6) is 0.526. The Balaban J connectivity index is 2.12. The summed E-state index contributed by atoms with van der Waals surface area (Å²) in [4.78, 5) is 18.2. The van der Waals surface area contributed by atoms with E-state index < -0.39 is 0 Å². The van der Waals surface area contributed by atoms with Crippen molar-refractivity contribution in [2.45, 2.75) is 40.2 Å². The standard InChI is InChI=1S/C22H24N8S/c1-7-15(4)30-19(24-6)18(23-5)26-21(30)28-27-20-17(16-13-11-10-12-14-16)25-22(31-20)29(8-2)9-3/h10-15H,7-9H2,1-4H3/b28-27+. The van der Waals surface area contributed by atoms with Crippen LogP contribution in [0.25, 0.3) is 20.9 Å². The van der Waals surface area contributed by atoms with Gasteiger partial charge in [0, 0.05) is 18.7 Å². The van der Waals surface area contributed by atoms with Gasteiger partial charge in [0.05, 0.1) is 6.04 Å². The summed E-state index contributed by atoms with van der Waals surface area (Å²) < 4.78 is 1.69. The van der Waals surface area contributed by atoms with Crippen molar-refractivity contribution in [2.24, 2.45) is 10.2 Å². The zero-order chi connectivity index (χ0) is 22.4. The van der Waals surface area contributed by atoms with E-state index in [4.69, 9.17) is 18.1 Å². The van der Waals surface area contributed by atoms with Gasteiger partial charge in [-0.15, -0.1) is 5.11 Å². The highest BCUT2D eigenvalue weighted by molar-refractivity contribution is 7.19. The number of benzene rings is 1. The molecule has 9 heteroatoms. The van der Waals surface area contributed by atoms with Gasteiger partial charge in [-0.05, 0) is 27.2 Å². The van der Waals surface area contributed by atoms with Crippen LogP contribution in [0.3, 0.4) is 0 Å². The van der Waals surface area contributed by atoms with Gasteiger partial charge in [0.25, 0.3) is 11.6 Å². The van der Waals surface area contributed by atoms with Crippen molar-refractivity contribution in [1.82, 2.24) is 14.5 Å². The minimum absolute atomic E-state index is 0.0256. The molecule has 2 heterocycles. The highest BCUT2D eigenvalue weighted by atomic mass is 32.1.